The van der Waals surface area contributed by atoms with Crippen molar-refractivity contribution in [2.45, 2.75) is 4.90 Å². The molecule has 0 heterocycles. The molecule has 248 valence electrons. The Morgan fingerprint density at radius 2 is 1.02 bits per heavy atom. The lowest BCUT2D eigenvalue weighted by Crippen LogP contribution is -2.37. The fraction of sp³-hybridized carbons (Fsp3) is 0.286. The standard InChI is InChI=1S/C28H36N6O8S.2ClH/c1-37-21-13-17(27(30)31)14-22(38-2)25(21)41-11-9-34(43(35,36)20-7-5-19(29)6-8-20)10-12-42-26-23(39-3)15-18(28(32)33)16-24(26)40-4;;/h5-8,13-16H,9-12,29H2,1-4H3,(H3,30,31)(H3,32,33);2*1H. The maximum atomic E-state index is 13.7. The average molecular weight is 690 g/mol. The van der Waals surface area contributed by atoms with Crippen LogP contribution >= 0.6 is 24.8 Å². The molecular weight excluding hydrogens is 651 g/mol. The van der Waals surface area contributed by atoms with Crippen LogP contribution in [0.15, 0.2) is 53.4 Å². The molecular formula is C28H38Cl2N6O8S. The zero-order valence-corrected chi connectivity index (χ0v) is 27.6. The Hall–Kier alpha value is -4.31. The van der Waals surface area contributed by atoms with Gasteiger partial charge < -0.3 is 45.6 Å². The molecule has 0 aliphatic carbocycles. The van der Waals surface area contributed by atoms with Crippen molar-refractivity contribution in [1.29, 1.82) is 10.8 Å². The monoisotopic (exact) mass is 688 g/mol. The Morgan fingerprint density at radius 1 is 0.689 bits per heavy atom. The largest absolute Gasteiger partial charge is 0.493 e. The van der Waals surface area contributed by atoms with Crippen molar-refractivity contribution in [2.75, 3.05) is 60.5 Å². The highest BCUT2D eigenvalue weighted by atomic mass is 35.5. The summed E-state index contributed by atoms with van der Waals surface area (Å²) in [6.45, 7) is -0.372. The molecule has 14 nitrogen and oxygen atoms in total. The third-order valence-corrected chi connectivity index (χ3v) is 8.15. The first-order valence-corrected chi connectivity index (χ1v) is 14.2. The van der Waals surface area contributed by atoms with Crippen molar-refractivity contribution in [1.82, 2.24) is 4.31 Å². The minimum absolute atomic E-state index is 0. The van der Waals surface area contributed by atoms with Crippen LogP contribution in [-0.2, 0) is 10.0 Å². The smallest absolute Gasteiger partial charge is 0.243 e. The van der Waals surface area contributed by atoms with E-state index in [2.05, 4.69) is 0 Å². The van der Waals surface area contributed by atoms with E-state index in [1.807, 2.05) is 0 Å². The summed E-state index contributed by atoms with van der Waals surface area (Å²) in [5.74, 6) is 1.10. The summed E-state index contributed by atoms with van der Waals surface area (Å²) in [4.78, 5) is 0.0312. The molecule has 0 saturated heterocycles. The maximum Gasteiger partial charge on any atom is 0.243 e. The predicted molar refractivity (Wildman–Crippen MR) is 176 cm³/mol. The van der Waals surface area contributed by atoms with Crippen molar-refractivity contribution in [3.63, 3.8) is 0 Å². The second kappa shape index (κ2) is 17.2. The highest BCUT2D eigenvalue weighted by Crippen LogP contribution is 2.39. The molecule has 3 aromatic rings. The second-order valence-corrected chi connectivity index (χ2v) is 10.9. The summed E-state index contributed by atoms with van der Waals surface area (Å²) in [5, 5.41) is 15.4. The number of rotatable bonds is 16. The van der Waals surface area contributed by atoms with Gasteiger partial charge in [0, 0.05) is 29.9 Å². The SMILES string of the molecule is COc1cc(C(=N)N)cc(OC)c1OCCN(CCOc1c(OC)cc(C(=N)N)cc1OC)S(=O)(=O)c1ccc(N)cc1.Cl.Cl. The number of nitrogens with zero attached hydrogens (tertiary/aromatic N) is 1. The van der Waals surface area contributed by atoms with Gasteiger partial charge in [0.25, 0.3) is 0 Å². The summed E-state index contributed by atoms with van der Waals surface area (Å²) >= 11 is 0. The fourth-order valence-electron chi connectivity index (χ4n) is 4.00. The molecule has 0 radical (unpaired) electrons. The van der Waals surface area contributed by atoms with Crippen molar-refractivity contribution < 1.29 is 36.8 Å². The number of sulfonamides is 1. The van der Waals surface area contributed by atoms with Crippen LogP contribution in [0.1, 0.15) is 11.1 Å². The minimum atomic E-state index is -4.02. The second-order valence-electron chi connectivity index (χ2n) is 8.92. The van der Waals surface area contributed by atoms with Gasteiger partial charge in [-0.25, -0.2) is 8.42 Å². The Labute approximate surface area is 274 Å². The van der Waals surface area contributed by atoms with Crippen LogP contribution in [-0.4, -0.2) is 79.1 Å². The lowest BCUT2D eigenvalue weighted by Gasteiger charge is -2.24. The van der Waals surface area contributed by atoms with Crippen LogP contribution in [0.2, 0.25) is 0 Å². The van der Waals surface area contributed by atoms with E-state index in [-0.39, 0.29) is 102 Å². The van der Waals surface area contributed by atoms with E-state index in [4.69, 9.17) is 56.4 Å². The van der Waals surface area contributed by atoms with E-state index in [0.29, 0.717) is 16.8 Å². The van der Waals surface area contributed by atoms with Crippen LogP contribution in [0.4, 0.5) is 5.69 Å². The quantitative estimate of drug-likeness (QED) is 0.0837. The van der Waals surface area contributed by atoms with Gasteiger partial charge in [0.15, 0.2) is 23.0 Å². The number of nitrogen functional groups attached to an aromatic ring is 3. The van der Waals surface area contributed by atoms with E-state index in [9.17, 15) is 8.42 Å². The van der Waals surface area contributed by atoms with Gasteiger partial charge in [0.2, 0.25) is 21.5 Å². The molecule has 0 unspecified atom stereocenters. The molecule has 0 spiro atoms. The predicted octanol–water partition coefficient (Wildman–Crippen LogP) is 2.86. The number of nitrogens with two attached hydrogens (primary N) is 3. The summed E-state index contributed by atoms with van der Waals surface area (Å²) in [7, 11) is 1.67. The number of hydrogen-bond donors (Lipinski definition) is 5. The van der Waals surface area contributed by atoms with Crippen LogP contribution < -0.4 is 45.6 Å². The molecule has 3 aromatic carbocycles. The molecule has 0 aromatic heterocycles. The van der Waals surface area contributed by atoms with Crippen LogP contribution in [0.25, 0.3) is 0 Å². The van der Waals surface area contributed by atoms with E-state index in [1.165, 1.54) is 81.3 Å². The third-order valence-electron chi connectivity index (χ3n) is 6.24. The van der Waals surface area contributed by atoms with Crippen molar-refractivity contribution in [3.8, 4) is 34.5 Å². The normalized spacial score (nSPS) is 10.6. The molecule has 45 heavy (non-hydrogen) atoms. The number of hydrogen-bond acceptors (Lipinski definition) is 11. The summed E-state index contributed by atoms with van der Waals surface area (Å²) in [5.41, 5.74) is 18.2. The number of ether oxygens (including phenoxy) is 6. The first kappa shape index (κ1) is 38.7. The molecule has 0 bridgehead atoms. The van der Waals surface area contributed by atoms with Crippen LogP contribution in [0.5, 0.6) is 34.5 Å². The van der Waals surface area contributed by atoms with Crippen molar-refractivity contribution >= 4 is 52.2 Å². The molecule has 0 atom stereocenters. The van der Waals surface area contributed by atoms with Crippen LogP contribution in [0, 0.1) is 10.8 Å². The first-order valence-electron chi connectivity index (χ1n) is 12.8. The van der Waals surface area contributed by atoms with Crippen molar-refractivity contribution in [3.05, 3.63) is 59.7 Å². The Morgan fingerprint density at radius 3 is 1.31 bits per heavy atom. The topological polar surface area (TPSA) is 219 Å². The Kier molecular flexibility index (Phi) is 14.8. The number of anilines is 1. The van der Waals surface area contributed by atoms with Gasteiger partial charge in [0.1, 0.15) is 24.9 Å². The van der Waals surface area contributed by atoms with Gasteiger partial charge >= 0.3 is 0 Å². The van der Waals surface area contributed by atoms with Crippen LogP contribution in [0.3, 0.4) is 0 Å². The van der Waals surface area contributed by atoms with Crippen molar-refractivity contribution in [2.24, 2.45) is 11.5 Å². The molecule has 0 amide bonds. The van der Waals surface area contributed by atoms with E-state index >= 15 is 0 Å². The Balaban J connectivity index is 0.00000506. The van der Waals surface area contributed by atoms with Gasteiger partial charge in [-0.2, -0.15) is 4.31 Å². The molecule has 0 saturated carbocycles. The van der Waals surface area contributed by atoms with Gasteiger partial charge in [-0.05, 0) is 48.5 Å². The summed E-state index contributed by atoms with van der Waals surface area (Å²) in [6, 6.07) is 11.9. The number of nitrogens with one attached hydrogen (secondary N) is 2. The minimum Gasteiger partial charge on any atom is -0.493 e. The van der Waals surface area contributed by atoms with Gasteiger partial charge in [-0.15, -0.1) is 24.8 Å². The molecule has 0 aliphatic rings. The fourth-order valence-corrected chi connectivity index (χ4v) is 5.40. The maximum absolute atomic E-state index is 13.7. The number of halogens is 2. The van der Waals surface area contributed by atoms with Gasteiger partial charge in [0.05, 0.1) is 33.3 Å². The van der Waals surface area contributed by atoms with Gasteiger partial charge in [-0.1, -0.05) is 0 Å². The first-order chi connectivity index (χ1) is 20.5. The zero-order valence-electron chi connectivity index (χ0n) is 25.1. The molecule has 17 heteroatoms. The van der Waals surface area contributed by atoms with Gasteiger partial charge in [-0.3, -0.25) is 10.8 Å². The molecule has 8 N–H and O–H groups in total. The summed E-state index contributed by atoms with van der Waals surface area (Å²) < 4.78 is 62.0. The molecule has 0 aliphatic heterocycles. The summed E-state index contributed by atoms with van der Waals surface area (Å²) in [6.07, 6.45) is 0. The molecule has 0 fully saturated rings. The van der Waals surface area contributed by atoms with E-state index in [1.54, 1.807) is 0 Å². The Bertz CT molecular complexity index is 1450. The number of benzene rings is 3. The van der Waals surface area contributed by atoms with E-state index in [0.717, 1.165) is 0 Å². The zero-order chi connectivity index (χ0) is 31.7. The lowest BCUT2D eigenvalue weighted by molar-refractivity contribution is 0.219. The molecule has 3 rings (SSSR count). The highest BCUT2D eigenvalue weighted by molar-refractivity contribution is 7.89. The number of methoxy groups -OCH3 is 4. The average Bonchev–Trinajstić information content (AvgIpc) is 2.99. The van der Waals surface area contributed by atoms with E-state index < -0.39 is 10.0 Å². The third kappa shape index (κ3) is 9.34. The number of amidine groups is 2. The lowest BCUT2D eigenvalue weighted by atomic mass is 10.1. The highest BCUT2D eigenvalue weighted by Gasteiger charge is 2.26.